The first-order chi connectivity index (χ1) is 4.58. The zero-order chi connectivity index (χ0) is 7.78. The Labute approximate surface area is 62.6 Å². The number of hydrogen-bond acceptors (Lipinski definition) is 1. The van der Waals surface area contributed by atoms with Gasteiger partial charge in [-0.05, 0) is 25.7 Å². The predicted molar refractivity (Wildman–Crippen MR) is 44.7 cm³/mol. The third-order valence-corrected chi connectivity index (χ3v) is 2.09. The summed E-state index contributed by atoms with van der Waals surface area (Å²) in [5, 5.41) is 0. The van der Waals surface area contributed by atoms with E-state index in [-0.39, 0.29) is 5.54 Å². The predicted octanol–water partition coefficient (Wildman–Crippen LogP) is 1.86. The molecule has 1 heteroatoms. The molecule has 0 aromatic heterocycles. The minimum atomic E-state index is 0.0214. The van der Waals surface area contributed by atoms with Gasteiger partial charge in [0.05, 0.1) is 0 Å². The Morgan fingerprint density at radius 2 is 2.50 bits per heavy atom. The largest absolute Gasteiger partial charge is 0.324 e. The van der Waals surface area contributed by atoms with Crippen molar-refractivity contribution in [2.75, 3.05) is 0 Å². The van der Waals surface area contributed by atoms with Crippen LogP contribution >= 0.6 is 0 Å². The van der Waals surface area contributed by atoms with Crippen molar-refractivity contribution in [3.63, 3.8) is 0 Å². The quantitative estimate of drug-likeness (QED) is 0.590. The Morgan fingerprint density at radius 3 is 2.80 bits per heavy atom. The van der Waals surface area contributed by atoms with Gasteiger partial charge >= 0.3 is 0 Å². The van der Waals surface area contributed by atoms with Crippen LogP contribution in [-0.4, -0.2) is 5.54 Å². The highest BCUT2D eigenvalue weighted by Crippen LogP contribution is 2.45. The molecule has 0 aliphatic heterocycles. The molecular formula is C9H15N. The van der Waals surface area contributed by atoms with Crippen LogP contribution in [0.15, 0.2) is 24.8 Å². The lowest BCUT2D eigenvalue weighted by atomic mass is 10.1. The van der Waals surface area contributed by atoms with Crippen LogP contribution in [-0.2, 0) is 0 Å². The highest BCUT2D eigenvalue weighted by atomic mass is 14.8. The normalized spacial score (nSPS) is 37.2. The van der Waals surface area contributed by atoms with Gasteiger partial charge in [-0.2, -0.15) is 0 Å². The molecule has 1 nitrogen and oxygen atoms in total. The molecule has 2 atom stereocenters. The first kappa shape index (κ1) is 7.55. The van der Waals surface area contributed by atoms with Gasteiger partial charge in [0.15, 0.2) is 0 Å². The molecule has 0 heterocycles. The molecule has 56 valence electrons. The lowest BCUT2D eigenvalue weighted by Gasteiger charge is -2.08. The zero-order valence-corrected chi connectivity index (χ0v) is 6.56. The monoisotopic (exact) mass is 137 g/mol. The second-order valence-electron chi connectivity index (χ2n) is 3.41. The molecule has 0 saturated heterocycles. The zero-order valence-electron chi connectivity index (χ0n) is 6.56. The van der Waals surface area contributed by atoms with E-state index in [4.69, 9.17) is 5.73 Å². The Hall–Kier alpha value is -0.560. The first-order valence-electron chi connectivity index (χ1n) is 3.64. The van der Waals surface area contributed by atoms with Crippen molar-refractivity contribution in [3.05, 3.63) is 24.8 Å². The van der Waals surface area contributed by atoms with Crippen molar-refractivity contribution in [3.8, 4) is 0 Å². The van der Waals surface area contributed by atoms with Crippen LogP contribution in [0.4, 0.5) is 0 Å². The summed E-state index contributed by atoms with van der Waals surface area (Å²) in [6.45, 7) is 9.57. The third-order valence-electron chi connectivity index (χ3n) is 2.09. The molecular weight excluding hydrogens is 122 g/mol. The summed E-state index contributed by atoms with van der Waals surface area (Å²) in [6, 6.07) is 0. The fourth-order valence-corrected chi connectivity index (χ4v) is 1.43. The van der Waals surface area contributed by atoms with Crippen molar-refractivity contribution in [2.24, 2.45) is 11.7 Å². The van der Waals surface area contributed by atoms with E-state index in [1.807, 2.05) is 13.0 Å². The Morgan fingerprint density at radius 1 is 1.90 bits per heavy atom. The summed E-state index contributed by atoms with van der Waals surface area (Å²) in [5.74, 6) is 0.532. The van der Waals surface area contributed by atoms with Crippen molar-refractivity contribution in [1.82, 2.24) is 0 Å². The molecule has 0 aromatic rings. The van der Waals surface area contributed by atoms with Gasteiger partial charge in [-0.25, -0.2) is 0 Å². The fourth-order valence-electron chi connectivity index (χ4n) is 1.43. The molecule has 2 unspecified atom stereocenters. The van der Waals surface area contributed by atoms with E-state index < -0.39 is 0 Å². The average molecular weight is 137 g/mol. The molecule has 2 N–H and O–H groups in total. The van der Waals surface area contributed by atoms with Gasteiger partial charge in [0.2, 0.25) is 0 Å². The fraction of sp³-hybridized carbons (Fsp3) is 0.556. The summed E-state index contributed by atoms with van der Waals surface area (Å²) < 4.78 is 0. The summed E-state index contributed by atoms with van der Waals surface area (Å²) in [6.07, 6.45) is 3.98. The molecule has 1 saturated carbocycles. The summed E-state index contributed by atoms with van der Waals surface area (Å²) in [5.41, 5.74) is 7.16. The van der Waals surface area contributed by atoms with Crippen LogP contribution in [0.5, 0.6) is 0 Å². The van der Waals surface area contributed by atoms with E-state index in [0.717, 1.165) is 12.8 Å². The highest BCUT2D eigenvalue weighted by molar-refractivity contribution is 5.19. The Bertz CT molecular complexity index is 172. The first-order valence-corrected chi connectivity index (χ1v) is 3.64. The van der Waals surface area contributed by atoms with Crippen LogP contribution in [0.1, 0.15) is 19.8 Å². The maximum absolute atomic E-state index is 5.97. The van der Waals surface area contributed by atoms with Gasteiger partial charge in [0.25, 0.3) is 0 Å². The van der Waals surface area contributed by atoms with Gasteiger partial charge < -0.3 is 5.73 Å². The molecule has 1 aliphatic carbocycles. The third kappa shape index (κ3) is 1.29. The second kappa shape index (κ2) is 2.24. The van der Waals surface area contributed by atoms with E-state index in [1.165, 1.54) is 5.57 Å². The SMILES string of the molecule is C=CC1CC1(N)CC(=C)C. The molecule has 10 heavy (non-hydrogen) atoms. The van der Waals surface area contributed by atoms with Crippen molar-refractivity contribution < 1.29 is 0 Å². The topological polar surface area (TPSA) is 26.0 Å². The van der Waals surface area contributed by atoms with E-state index in [2.05, 4.69) is 13.2 Å². The van der Waals surface area contributed by atoms with Crippen LogP contribution in [0, 0.1) is 5.92 Å². The Balaban J connectivity index is 2.43. The maximum Gasteiger partial charge on any atom is 0.0262 e. The summed E-state index contributed by atoms with van der Waals surface area (Å²) >= 11 is 0. The molecule has 0 aromatic carbocycles. The molecule has 1 fully saturated rings. The number of rotatable bonds is 3. The molecule has 0 radical (unpaired) electrons. The van der Waals surface area contributed by atoms with Crippen molar-refractivity contribution in [2.45, 2.75) is 25.3 Å². The van der Waals surface area contributed by atoms with E-state index in [9.17, 15) is 0 Å². The van der Waals surface area contributed by atoms with E-state index in [1.54, 1.807) is 0 Å². The average Bonchev–Trinajstić information content (AvgIpc) is 2.39. The number of hydrogen-bond donors (Lipinski definition) is 1. The van der Waals surface area contributed by atoms with Crippen molar-refractivity contribution in [1.29, 1.82) is 0 Å². The summed E-state index contributed by atoms with van der Waals surface area (Å²) in [7, 11) is 0. The van der Waals surface area contributed by atoms with Crippen LogP contribution in [0.3, 0.4) is 0 Å². The number of nitrogens with two attached hydrogens (primary N) is 1. The van der Waals surface area contributed by atoms with Crippen LogP contribution < -0.4 is 5.73 Å². The smallest absolute Gasteiger partial charge is 0.0262 e. The van der Waals surface area contributed by atoms with Crippen LogP contribution in [0.2, 0.25) is 0 Å². The standard InChI is InChI=1S/C9H15N/c1-4-8-6-9(8,10)5-7(2)3/h4,8H,1-2,5-6,10H2,3H3. The maximum atomic E-state index is 5.97. The minimum absolute atomic E-state index is 0.0214. The lowest BCUT2D eigenvalue weighted by molar-refractivity contribution is 0.634. The molecule has 1 aliphatic rings. The van der Waals surface area contributed by atoms with Crippen molar-refractivity contribution >= 4 is 0 Å². The van der Waals surface area contributed by atoms with Gasteiger partial charge in [0.1, 0.15) is 0 Å². The van der Waals surface area contributed by atoms with E-state index >= 15 is 0 Å². The van der Waals surface area contributed by atoms with Gasteiger partial charge in [-0.3, -0.25) is 0 Å². The lowest BCUT2D eigenvalue weighted by Crippen LogP contribution is -2.24. The minimum Gasteiger partial charge on any atom is -0.324 e. The second-order valence-corrected chi connectivity index (χ2v) is 3.41. The summed E-state index contributed by atoms with van der Waals surface area (Å²) in [4.78, 5) is 0. The van der Waals surface area contributed by atoms with Gasteiger partial charge in [-0.1, -0.05) is 11.6 Å². The molecule has 1 rings (SSSR count). The van der Waals surface area contributed by atoms with Crippen LogP contribution in [0.25, 0.3) is 0 Å². The Kier molecular flexibility index (Phi) is 1.69. The molecule has 0 spiro atoms. The highest BCUT2D eigenvalue weighted by Gasteiger charge is 2.48. The van der Waals surface area contributed by atoms with Gasteiger partial charge in [0, 0.05) is 5.54 Å². The van der Waals surface area contributed by atoms with Gasteiger partial charge in [-0.15, -0.1) is 13.2 Å². The molecule has 0 bridgehead atoms. The van der Waals surface area contributed by atoms with E-state index in [0.29, 0.717) is 5.92 Å². The molecule has 0 amide bonds.